The normalized spacial score (nSPS) is 17.5. The van der Waals surface area contributed by atoms with E-state index in [1.54, 1.807) is 24.5 Å². The van der Waals surface area contributed by atoms with Gasteiger partial charge in [-0.2, -0.15) is 5.10 Å². The molecule has 1 aromatic carbocycles. The number of hydrogen-bond donors (Lipinski definition) is 1. The number of hydrogen-bond acceptors (Lipinski definition) is 3. The second kappa shape index (κ2) is 6.27. The van der Waals surface area contributed by atoms with E-state index in [9.17, 15) is 9.18 Å². The van der Waals surface area contributed by atoms with E-state index >= 15 is 0 Å². The van der Waals surface area contributed by atoms with Gasteiger partial charge in [-0.05, 0) is 24.6 Å². The van der Waals surface area contributed by atoms with Gasteiger partial charge in [0, 0.05) is 38.4 Å². The Morgan fingerprint density at radius 3 is 2.73 bits per heavy atom. The molecule has 1 aromatic heterocycles. The smallest absolute Gasteiger partial charge is 0.257 e. The minimum absolute atomic E-state index is 0.00630. The molecule has 0 spiro atoms. The van der Waals surface area contributed by atoms with Gasteiger partial charge in [-0.3, -0.25) is 14.8 Å². The highest BCUT2D eigenvalue weighted by Gasteiger charge is 2.25. The van der Waals surface area contributed by atoms with E-state index in [2.05, 4.69) is 22.0 Å². The molecule has 1 aliphatic heterocycles. The molecule has 1 N–H and O–H groups in total. The van der Waals surface area contributed by atoms with Crippen molar-refractivity contribution in [3.63, 3.8) is 0 Å². The van der Waals surface area contributed by atoms with E-state index in [1.807, 2.05) is 11.0 Å². The van der Waals surface area contributed by atoms with Crippen LogP contribution in [0.25, 0.3) is 0 Å². The van der Waals surface area contributed by atoms with Crippen molar-refractivity contribution in [2.24, 2.45) is 0 Å². The molecule has 1 saturated heterocycles. The lowest BCUT2D eigenvalue weighted by atomic mass is 10.1. The number of piperazine rings is 1. The molecule has 1 atom stereocenters. The topological polar surface area (TPSA) is 52.2 Å². The van der Waals surface area contributed by atoms with Crippen molar-refractivity contribution in [1.29, 1.82) is 0 Å². The Labute approximate surface area is 128 Å². The van der Waals surface area contributed by atoms with E-state index in [-0.39, 0.29) is 17.8 Å². The first kappa shape index (κ1) is 14.7. The number of amides is 1. The van der Waals surface area contributed by atoms with Crippen LogP contribution < -0.4 is 0 Å². The molecule has 5 nitrogen and oxygen atoms in total. The van der Waals surface area contributed by atoms with Gasteiger partial charge in [-0.15, -0.1) is 0 Å². The van der Waals surface area contributed by atoms with Crippen LogP contribution in [0.15, 0.2) is 36.7 Å². The molecule has 1 aliphatic rings. The number of rotatable bonds is 3. The van der Waals surface area contributed by atoms with Gasteiger partial charge in [0.2, 0.25) is 0 Å². The van der Waals surface area contributed by atoms with Gasteiger partial charge in [0.1, 0.15) is 5.82 Å². The first-order chi connectivity index (χ1) is 10.6. The molecular weight excluding hydrogens is 283 g/mol. The minimum atomic E-state index is -0.210. The van der Waals surface area contributed by atoms with Crippen LogP contribution in [0.4, 0.5) is 4.39 Å². The highest BCUT2D eigenvalue weighted by Crippen LogP contribution is 2.22. The van der Waals surface area contributed by atoms with Gasteiger partial charge in [0.15, 0.2) is 0 Å². The van der Waals surface area contributed by atoms with Crippen LogP contribution in [-0.2, 0) is 0 Å². The zero-order valence-electron chi connectivity index (χ0n) is 12.5. The van der Waals surface area contributed by atoms with Gasteiger partial charge in [-0.25, -0.2) is 4.39 Å². The Kier molecular flexibility index (Phi) is 4.20. The van der Waals surface area contributed by atoms with Gasteiger partial charge in [0.25, 0.3) is 5.91 Å². The minimum Gasteiger partial charge on any atom is -0.336 e. The summed E-state index contributed by atoms with van der Waals surface area (Å²) in [6, 6.07) is 6.85. The van der Waals surface area contributed by atoms with Crippen LogP contribution in [0.5, 0.6) is 0 Å². The van der Waals surface area contributed by atoms with Crippen molar-refractivity contribution in [2.75, 3.05) is 26.2 Å². The molecule has 0 saturated carbocycles. The number of carbonyl (C=O) groups excluding carboxylic acids is 1. The monoisotopic (exact) mass is 302 g/mol. The maximum atomic E-state index is 13.3. The molecular formula is C16H19FN4O. The summed E-state index contributed by atoms with van der Waals surface area (Å²) in [6.45, 7) is 4.97. The summed E-state index contributed by atoms with van der Waals surface area (Å²) in [5, 5.41) is 6.47. The first-order valence-corrected chi connectivity index (χ1v) is 7.43. The van der Waals surface area contributed by atoms with E-state index in [1.165, 1.54) is 6.07 Å². The van der Waals surface area contributed by atoms with Crippen LogP contribution in [0.2, 0.25) is 0 Å². The maximum absolute atomic E-state index is 13.3. The maximum Gasteiger partial charge on any atom is 0.257 e. The summed E-state index contributed by atoms with van der Waals surface area (Å²) in [5.74, 6) is -0.204. The van der Waals surface area contributed by atoms with Gasteiger partial charge in [0.05, 0.1) is 11.8 Å². The number of carbonyl (C=O) groups is 1. The third-order valence-electron chi connectivity index (χ3n) is 4.23. The number of benzene rings is 1. The standard InChI is InChI=1S/C16H19FN4O/c1-12(13-3-2-4-15(17)9-13)20-5-7-21(8-6-20)16(22)14-10-18-19-11-14/h2-4,9-12H,5-8H2,1H3,(H,18,19). The number of H-pyrrole nitrogens is 1. The predicted molar refractivity (Wildman–Crippen MR) is 80.9 cm³/mol. The first-order valence-electron chi connectivity index (χ1n) is 7.43. The largest absolute Gasteiger partial charge is 0.336 e. The number of halogens is 1. The molecule has 0 radical (unpaired) electrons. The summed E-state index contributed by atoms with van der Waals surface area (Å²) in [5.41, 5.74) is 1.56. The zero-order chi connectivity index (χ0) is 15.5. The Morgan fingerprint density at radius 1 is 1.32 bits per heavy atom. The van der Waals surface area contributed by atoms with E-state index in [0.717, 1.165) is 18.7 Å². The summed E-state index contributed by atoms with van der Waals surface area (Å²) in [6.07, 6.45) is 3.16. The SMILES string of the molecule is CC(c1cccc(F)c1)N1CCN(C(=O)c2cn[nH]c2)CC1. The van der Waals surface area contributed by atoms with Crippen molar-refractivity contribution >= 4 is 5.91 Å². The summed E-state index contributed by atoms with van der Waals surface area (Å²) >= 11 is 0. The van der Waals surface area contributed by atoms with E-state index in [4.69, 9.17) is 0 Å². The number of aromatic nitrogens is 2. The molecule has 0 bridgehead atoms. The van der Waals surface area contributed by atoms with Gasteiger partial charge in [-0.1, -0.05) is 12.1 Å². The number of nitrogens with one attached hydrogen (secondary N) is 1. The average molecular weight is 302 g/mol. The number of aromatic amines is 1. The molecule has 1 unspecified atom stereocenters. The Bertz CT molecular complexity index is 635. The lowest BCUT2D eigenvalue weighted by Crippen LogP contribution is -2.49. The Balaban J connectivity index is 1.61. The third kappa shape index (κ3) is 3.01. The van der Waals surface area contributed by atoms with Crippen molar-refractivity contribution < 1.29 is 9.18 Å². The fourth-order valence-corrected chi connectivity index (χ4v) is 2.84. The molecule has 116 valence electrons. The van der Waals surface area contributed by atoms with Crippen LogP contribution in [-0.4, -0.2) is 52.1 Å². The molecule has 22 heavy (non-hydrogen) atoms. The zero-order valence-corrected chi connectivity index (χ0v) is 12.5. The fraction of sp³-hybridized carbons (Fsp3) is 0.375. The van der Waals surface area contributed by atoms with E-state index < -0.39 is 0 Å². The Morgan fingerprint density at radius 2 is 2.09 bits per heavy atom. The highest BCUT2D eigenvalue weighted by molar-refractivity contribution is 5.93. The average Bonchev–Trinajstić information content (AvgIpc) is 3.08. The summed E-state index contributed by atoms with van der Waals surface area (Å²) in [7, 11) is 0. The second-order valence-corrected chi connectivity index (χ2v) is 5.55. The lowest BCUT2D eigenvalue weighted by Gasteiger charge is -2.38. The van der Waals surface area contributed by atoms with Gasteiger partial charge < -0.3 is 4.90 Å². The van der Waals surface area contributed by atoms with Crippen LogP contribution >= 0.6 is 0 Å². The molecule has 0 aliphatic carbocycles. The summed E-state index contributed by atoms with van der Waals surface area (Å²) in [4.78, 5) is 16.4. The van der Waals surface area contributed by atoms with E-state index in [0.29, 0.717) is 18.7 Å². The second-order valence-electron chi connectivity index (χ2n) is 5.55. The predicted octanol–water partition coefficient (Wildman–Crippen LogP) is 2.07. The fourth-order valence-electron chi connectivity index (χ4n) is 2.84. The van der Waals surface area contributed by atoms with Crippen molar-refractivity contribution in [3.05, 3.63) is 53.6 Å². The van der Waals surface area contributed by atoms with Crippen molar-refractivity contribution in [2.45, 2.75) is 13.0 Å². The van der Waals surface area contributed by atoms with Crippen LogP contribution in [0.1, 0.15) is 28.9 Å². The number of nitrogens with zero attached hydrogens (tertiary/aromatic N) is 3. The lowest BCUT2D eigenvalue weighted by molar-refractivity contribution is 0.0582. The third-order valence-corrected chi connectivity index (χ3v) is 4.23. The van der Waals surface area contributed by atoms with Gasteiger partial charge >= 0.3 is 0 Å². The van der Waals surface area contributed by atoms with Crippen molar-refractivity contribution in [3.8, 4) is 0 Å². The van der Waals surface area contributed by atoms with Crippen LogP contribution in [0.3, 0.4) is 0 Å². The Hall–Kier alpha value is -2.21. The molecule has 6 heteroatoms. The molecule has 2 aromatic rings. The van der Waals surface area contributed by atoms with Crippen molar-refractivity contribution in [1.82, 2.24) is 20.0 Å². The molecule has 1 amide bonds. The molecule has 2 heterocycles. The molecule has 1 fully saturated rings. The summed E-state index contributed by atoms with van der Waals surface area (Å²) < 4.78 is 13.3. The van der Waals surface area contributed by atoms with Crippen LogP contribution in [0, 0.1) is 5.82 Å². The highest BCUT2D eigenvalue weighted by atomic mass is 19.1. The quantitative estimate of drug-likeness (QED) is 0.944. The molecule has 3 rings (SSSR count).